The lowest BCUT2D eigenvalue weighted by Gasteiger charge is -2.14. The average molecular weight is 502 g/mol. The first kappa shape index (κ1) is 23.5. The quantitative estimate of drug-likeness (QED) is 0.408. The van der Waals surface area contributed by atoms with Gasteiger partial charge in [0.05, 0.1) is 22.0 Å². The van der Waals surface area contributed by atoms with E-state index in [-0.39, 0.29) is 28.7 Å². The smallest absolute Gasteiger partial charge is 0.287 e. The van der Waals surface area contributed by atoms with Crippen LogP contribution in [-0.2, 0) is 16.4 Å². The van der Waals surface area contributed by atoms with Gasteiger partial charge < -0.3 is 14.6 Å². The predicted molar refractivity (Wildman–Crippen MR) is 126 cm³/mol. The molecule has 4 aromatic rings. The Bertz CT molecular complexity index is 1540. The summed E-state index contributed by atoms with van der Waals surface area (Å²) in [6.45, 7) is 3.13. The van der Waals surface area contributed by atoms with E-state index in [0.717, 1.165) is 4.57 Å². The highest BCUT2D eigenvalue weighted by atomic mass is 35.5. The number of halogens is 1. The zero-order valence-electron chi connectivity index (χ0n) is 18.2. The van der Waals surface area contributed by atoms with Crippen molar-refractivity contribution < 1.29 is 22.5 Å². The zero-order chi connectivity index (χ0) is 24.5. The summed E-state index contributed by atoms with van der Waals surface area (Å²) in [6, 6.07) is 13.3. The molecule has 0 aliphatic rings. The maximum atomic E-state index is 12.7. The van der Waals surface area contributed by atoms with Crippen molar-refractivity contribution in [3.8, 4) is 5.75 Å². The number of aryl methyl sites for hydroxylation is 1. The molecular weight excluding hydrogens is 482 g/mol. The molecule has 0 saturated carbocycles. The van der Waals surface area contributed by atoms with E-state index in [1.165, 1.54) is 31.2 Å². The number of fused-ring (bicyclic) bond motifs is 1. The number of carbonyl (C=O) groups is 1. The second-order valence-electron chi connectivity index (χ2n) is 7.40. The van der Waals surface area contributed by atoms with Gasteiger partial charge in [-0.25, -0.2) is 13.4 Å². The molecule has 1 N–H and O–H groups in total. The van der Waals surface area contributed by atoms with E-state index in [2.05, 4.69) is 10.3 Å². The topological polar surface area (TPSA) is 120 Å². The van der Waals surface area contributed by atoms with Crippen LogP contribution < -0.4 is 15.6 Å². The largest absolute Gasteiger partial charge is 0.485 e. The van der Waals surface area contributed by atoms with E-state index < -0.39 is 21.3 Å². The number of aromatic nitrogens is 2. The summed E-state index contributed by atoms with van der Waals surface area (Å²) in [5.74, 6) is 0.167. The third-order valence-electron chi connectivity index (χ3n) is 4.94. The molecular formula is C23H20ClN3O6S. The molecule has 0 aliphatic heterocycles. The van der Waals surface area contributed by atoms with Crippen LogP contribution in [0.2, 0.25) is 5.02 Å². The van der Waals surface area contributed by atoms with Gasteiger partial charge in [0.1, 0.15) is 18.1 Å². The number of hydrogen-bond acceptors (Lipinski definition) is 7. The van der Waals surface area contributed by atoms with Crippen molar-refractivity contribution in [2.24, 2.45) is 0 Å². The van der Waals surface area contributed by atoms with Crippen LogP contribution in [0.25, 0.3) is 5.65 Å². The summed E-state index contributed by atoms with van der Waals surface area (Å²) in [4.78, 5) is 29.4. The SMILES string of the molecule is CCS(=O)(=O)c1ccc(OCc2cc(=O)n3oc(C)cc3n2)c(NC(=O)c2ccc(Cl)cc2)c1. The molecule has 1 amide bonds. The molecule has 0 aliphatic carbocycles. The molecule has 2 aromatic carbocycles. The summed E-state index contributed by atoms with van der Waals surface area (Å²) in [6.07, 6.45) is 0. The molecule has 11 heteroatoms. The third kappa shape index (κ3) is 4.97. The average Bonchev–Trinajstić information content (AvgIpc) is 3.19. The van der Waals surface area contributed by atoms with Crippen LogP contribution in [0.5, 0.6) is 5.75 Å². The Morgan fingerprint density at radius 2 is 1.88 bits per heavy atom. The highest BCUT2D eigenvalue weighted by Gasteiger charge is 2.18. The molecule has 0 saturated heterocycles. The van der Waals surface area contributed by atoms with Gasteiger partial charge in [0.15, 0.2) is 15.5 Å². The summed E-state index contributed by atoms with van der Waals surface area (Å²) < 4.78 is 36.9. The van der Waals surface area contributed by atoms with Gasteiger partial charge in [-0.2, -0.15) is 0 Å². The number of anilines is 1. The molecule has 4 rings (SSSR count). The van der Waals surface area contributed by atoms with Gasteiger partial charge in [0.25, 0.3) is 11.5 Å². The molecule has 9 nitrogen and oxygen atoms in total. The molecule has 2 aromatic heterocycles. The van der Waals surface area contributed by atoms with Gasteiger partial charge in [-0.3, -0.25) is 9.59 Å². The standard InChI is InChI=1S/C23H20ClN3O6S/c1-3-34(30,31)18-8-9-20(19(12-18)26-23(29)15-4-6-16(24)7-5-15)32-13-17-11-22(28)27-21(25-17)10-14(2)33-27/h4-12H,3,13H2,1-2H3,(H,26,29). The molecule has 0 atom stereocenters. The van der Waals surface area contributed by atoms with Gasteiger partial charge in [-0.1, -0.05) is 18.5 Å². The molecule has 0 radical (unpaired) electrons. The fourth-order valence-corrected chi connectivity index (χ4v) is 4.22. The van der Waals surface area contributed by atoms with Gasteiger partial charge in [-0.05, 0) is 49.4 Å². The molecule has 0 spiro atoms. The number of hydrogen-bond donors (Lipinski definition) is 1. The van der Waals surface area contributed by atoms with E-state index in [1.807, 2.05) is 0 Å². The van der Waals surface area contributed by atoms with Gasteiger partial charge in [-0.15, -0.1) is 4.57 Å². The normalized spacial score (nSPS) is 11.5. The van der Waals surface area contributed by atoms with Crippen LogP contribution >= 0.6 is 11.6 Å². The zero-order valence-corrected chi connectivity index (χ0v) is 19.8. The lowest BCUT2D eigenvalue weighted by atomic mass is 10.2. The number of ether oxygens (including phenoxy) is 1. The molecule has 34 heavy (non-hydrogen) atoms. The molecule has 0 unspecified atom stereocenters. The monoisotopic (exact) mass is 501 g/mol. The van der Waals surface area contributed by atoms with Crippen LogP contribution in [0.15, 0.2) is 68.8 Å². The minimum absolute atomic E-state index is 0.0421. The Balaban J connectivity index is 1.65. The lowest BCUT2D eigenvalue weighted by molar-refractivity contribution is 0.102. The van der Waals surface area contributed by atoms with E-state index >= 15 is 0 Å². The molecule has 2 heterocycles. The van der Waals surface area contributed by atoms with Crippen molar-refractivity contribution in [2.75, 3.05) is 11.1 Å². The fraction of sp³-hybridized carbons (Fsp3) is 0.174. The first-order chi connectivity index (χ1) is 16.2. The van der Waals surface area contributed by atoms with Crippen LogP contribution in [0.1, 0.15) is 28.7 Å². The maximum Gasteiger partial charge on any atom is 0.287 e. The number of amides is 1. The summed E-state index contributed by atoms with van der Waals surface area (Å²) in [5.41, 5.74) is 0.758. The Kier molecular flexibility index (Phi) is 6.45. The van der Waals surface area contributed by atoms with Crippen molar-refractivity contribution >= 4 is 38.7 Å². The van der Waals surface area contributed by atoms with Gasteiger partial charge in [0.2, 0.25) is 0 Å². The van der Waals surface area contributed by atoms with Crippen LogP contribution in [0, 0.1) is 6.92 Å². The predicted octanol–water partition coefficient (Wildman–Crippen LogP) is 3.87. The number of benzene rings is 2. The Morgan fingerprint density at radius 3 is 2.59 bits per heavy atom. The third-order valence-corrected chi connectivity index (χ3v) is 6.93. The second kappa shape index (κ2) is 9.32. The fourth-order valence-electron chi connectivity index (χ4n) is 3.19. The number of rotatable bonds is 7. The van der Waals surface area contributed by atoms with Crippen LogP contribution in [0.4, 0.5) is 5.69 Å². The Hall–Kier alpha value is -3.63. The highest BCUT2D eigenvalue weighted by Crippen LogP contribution is 2.29. The first-order valence-corrected chi connectivity index (χ1v) is 12.3. The van der Waals surface area contributed by atoms with Crippen molar-refractivity contribution in [1.29, 1.82) is 0 Å². The van der Waals surface area contributed by atoms with Crippen molar-refractivity contribution in [3.63, 3.8) is 0 Å². The summed E-state index contributed by atoms with van der Waals surface area (Å²) >= 11 is 5.88. The van der Waals surface area contributed by atoms with E-state index in [1.54, 1.807) is 37.3 Å². The molecule has 0 fully saturated rings. The minimum atomic E-state index is -3.53. The Morgan fingerprint density at radius 1 is 1.15 bits per heavy atom. The summed E-state index contributed by atoms with van der Waals surface area (Å²) in [7, 11) is -3.53. The maximum absolute atomic E-state index is 12.7. The lowest BCUT2D eigenvalue weighted by Crippen LogP contribution is -2.16. The van der Waals surface area contributed by atoms with Crippen molar-refractivity contribution in [3.05, 3.63) is 87.0 Å². The van der Waals surface area contributed by atoms with E-state index in [0.29, 0.717) is 27.7 Å². The minimum Gasteiger partial charge on any atom is -0.485 e. The molecule has 176 valence electrons. The van der Waals surface area contributed by atoms with E-state index in [4.69, 9.17) is 20.9 Å². The second-order valence-corrected chi connectivity index (χ2v) is 10.1. The van der Waals surface area contributed by atoms with Gasteiger partial charge >= 0.3 is 0 Å². The molecule has 0 bridgehead atoms. The van der Waals surface area contributed by atoms with Crippen LogP contribution in [0.3, 0.4) is 0 Å². The van der Waals surface area contributed by atoms with Crippen molar-refractivity contribution in [2.45, 2.75) is 25.3 Å². The summed E-state index contributed by atoms with van der Waals surface area (Å²) in [5, 5.41) is 3.17. The highest BCUT2D eigenvalue weighted by molar-refractivity contribution is 7.91. The number of sulfone groups is 1. The first-order valence-electron chi connectivity index (χ1n) is 10.2. The number of carbonyl (C=O) groups excluding carboxylic acids is 1. The Labute approximate surface area is 199 Å². The van der Waals surface area contributed by atoms with Crippen LogP contribution in [-0.4, -0.2) is 29.6 Å². The van der Waals surface area contributed by atoms with Crippen molar-refractivity contribution in [1.82, 2.24) is 9.56 Å². The van der Waals surface area contributed by atoms with E-state index in [9.17, 15) is 18.0 Å². The number of nitrogens with zero attached hydrogens (tertiary/aromatic N) is 2. The number of nitrogens with one attached hydrogen (secondary N) is 1. The van der Waals surface area contributed by atoms with Gasteiger partial charge in [0, 0.05) is 22.7 Å².